The molecule has 0 amide bonds. The van der Waals surface area contributed by atoms with E-state index in [1.165, 1.54) is 0 Å². The fraction of sp³-hybridized carbons (Fsp3) is 0.333. The second-order valence-corrected chi connectivity index (χ2v) is 3.80. The molecule has 0 radical (unpaired) electrons. The van der Waals surface area contributed by atoms with Crippen molar-refractivity contribution in [3.63, 3.8) is 0 Å². The summed E-state index contributed by atoms with van der Waals surface area (Å²) in [5, 5.41) is 9.02. The first-order valence-electron chi connectivity index (χ1n) is 4.76. The minimum atomic E-state index is 0.652. The lowest BCUT2D eigenvalue weighted by atomic mass is 10.0. The molecule has 0 aliphatic rings. The quantitative estimate of drug-likeness (QED) is 0.544. The number of aryl methyl sites for hydroxylation is 2. The molecular weight excluding hydrogens is 186 g/mol. The Hall–Kier alpha value is -1.82. The molecule has 0 aliphatic carbocycles. The van der Waals surface area contributed by atoms with Crippen LogP contribution in [0.15, 0.2) is 17.1 Å². The van der Waals surface area contributed by atoms with Crippen molar-refractivity contribution < 1.29 is 0 Å². The highest BCUT2D eigenvalue weighted by Gasteiger charge is 2.04. The van der Waals surface area contributed by atoms with Crippen LogP contribution < -0.4 is 0 Å². The van der Waals surface area contributed by atoms with Gasteiger partial charge in [0.25, 0.3) is 0 Å². The summed E-state index contributed by atoms with van der Waals surface area (Å²) in [5.74, 6) is 0. The van der Waals surface area contributed by atoms with Gasteiger partial charge in [-0.2, -0.15) is 5.26 Å². The topological polar surface area (TPSA) is 39.4 Å². The number of benzene rings is 1. The molecule has 0 bridgehead atoms. The number of rotatable bonds is 2. The van der Waals surface area contributed by atoms with Crippen molar-refractivity contribution in [1.29, 1.82) is 5.26 Å². The van der Waals surface area contributed by atoms with Crippen LogP contribution in [0.4, 0.5) is 5.69 Å². The van der Waals surface area contributed by atoms with Gasteiger partial charge in [0.1, 0.15) is 6.07 Å². The Morgan fingerprint density at radius 2 is 2.00 bits per heavy atom. The average molecular weight is 201 g/mol. The zero-order valence-corrected chi connectivity index (χ0v) is 9.57. The van der Waals surface area contributed by atoms with E-state index in [-0.39, 0.29) is 0 Å². The van der Waals surface area contributed by atoms with Gasteiger partial charge in [0, 0.05) is 14.1 Å². The number of hydrogen-bond donors (Lipinski definition) is 0. The summed E-state index contributed by atoms with van der Waals surface area (Å²) >= 11 is 0. The Kier molecular flexibility index (Phi) is 3.46. The maximum atomic E-state index is 9.02. The predicted octanol–water partition coefficient (Wildman–Crippen LogP) is 2.40. The van der Waals surface area contributed by atoms with Crippen LogP contribution in [0.3, 0.4) is 0 Å². The number of aliphatic imine (C=N–C) groups is 1. The highest BCUT2D eigenvalue weighted by Crippen LogP contribution is 2.23. The molecule has 0 fully saturated rings. The third-order valence-corrected chi connectivity index (χ3v) is 2.00. The fourth-order valence-corrected chi connectivity index (χ4v) is 1.37. The molecule has 3 heteroatoms. The first-order valence-corrected chi connectivity index (χ1v) is 4.76. The average Bonchev–Trinajstić information content (AvgIpc) is 2.13. The lowest BCUT2D eigenvalue weighted by molar-refractivity contribution is 0.643. The third-order valence-electron chi connectivity index (χ3n) is 2.00. The van der Waals surface area contributed by atoms with E-state index < -0.39 is 0 Å². The van der Waals surface area contributed by atoms with Gasteiger partial charge < -0.3 is 4.90 Å². The lowest BCUT2D eigenvalue weighted by Gasteiger charge is -2.06. The molecule has 1 aromatic rings. The molecular formula is C12H15N3. The third kappa shape index (κ3) is 2.81. The minimum absolute atomic E-state index is 0.652. The van der Waals surface area contributed by atoms with Crippen LogP contribution in [0.25, 0.3) is 0 Å². The van der Waals surface area contributed by atoms with Crippen molar-refractivity contribution in [2.45, 2.75) is 13.8 Å². The zero-order valence-electron chi connectivity index (χ0n) is 9.57. The fourth-order valence-electron chi connectivity index (χ4n) is 1.37. The van der Waals surface area contributed by atoms with E-state index in [0.717, 1.165) is 16.8 Å². The van der Waals surface area contributed by atoms with E-state index in [4.69, 9.17) is 5.26 Å². The molecule has 0 spiro atoms. The Morgan fingerprint density at radius 1 is 1.33 bits per heavy atom. The molecule has 0 saturated carbocycles. The van der Waals surface area contributed by atoms with Gasteiger partial charge in [0.05, 0.1) is 17.6 Å². The molecule has 0 heterocycles. The summed E-state index contributed by atoms with van der Waals surface area (Å²) < 4.78 is 0. The predicted molar refractivity (Wildman–Crippen MR) is 62.5 cm³/mol. The number of nitrogens with zero attached hydrogens (tertiary/aromatic N) is 3. The minimum Gasteiger partial charge on any atom is -0.369 e. The highest BCUT2D eigenvalue weighted by molar-refractivity contribution is 5.67. The van der Waals surface area contributed by atoms with Gasteiger partial charge >= 0.3 is 0 Å². The standard InChI is InChI=1S/C12H15N3/c1-9-5-10(2)11(7-13)12(6-9)14-8-15(3)4/h5-6,8H,1-4H3. The van der Waals surface area contributed by atoms with Crippen molar-refractivity contribution in [3.05, 3.63) is 28.8 Å². The number of nitriles is 1. The number of hydrogen-bond acceptors (Lipinski definition) is 2. The zero-order chi connectivity index (χ0) is 11.4. The summed E-state index contributed by atoms with van der Waals surface area (Å²) in [7, 11) is 3.80. The van der Waals surface area contributed by atoms with Crippen molar-refractivity contribution in [2.75, 3.05) is 14.1 Å². The van der Waals surface area contributed by atoms with E-state index in [1.807, 2.05) is 45.0 Å². The van der Waals surface area contributed by atoms with Crippen molar-refractivity contribution in [2.24, 2.45) is 4.99 Å². The second kappa shape index (κ2) is 4.61. The summed E-state index contributed by atoms with van der Waals surface area (Å²) in [6.07, 6.45) is 1.70. The van der Waals surface area contributed by atoms with Gasteiger partial charge in [-0.15, -0.1) is 0 Å². The maximum absolute atomic E-state index is 9.02. The highest BCUT2D eigenvalue weighted by atomic mass is 15.1. The molecule has 0 saturated heterocycles. The molecule has 1 rings (SSSR count). The van der Waals surface area contributed by atoms with Crippen LogP contribution in [0, 0.1) is 25.2 Å². The smallest absolute Gasteiger partial charge is 0.102 e. The second-order valence-electron chi connectivity index (χ2n) is 3.80. The Morgan fingerprint density at radius 3 is 2.53 bits per heavy atom. The molecule has 0 aliphatic heterocycles. The van der Waals surface area contributed by atoms with Crippen molar-refractivity contribution in [1.82, 2.24) is 4.90 Å². The van der Waals surface area contributed by atoms with Crippen LogP contribution >= 0.6 is 0 Å². The van der Waals surface area contributed by atoms with Crippen LogP contribution in [0.5, 0.6) is 0 Å². The molecule has 15 heavy (non-hydrogen) atoms. The maximum Gasteiger partial charge on any atom is 0.102 e. The van der Waals surface area contributed by atoms with Crippen LogP contribution in [0.1, 0.15) is 16.7 Å². The largest absolute Gasteiger partial charge is 0.369 e. The molecule has 0 atom stereocenters. The van der Waals surface area contributed by atoms with E-state index in [2.05, 4.69) is 11.1 Å². The molecule has 78 valence electrons. The first kappa shape index (κ1) is 11.3. The van der Waals surface area contributed by atoms with Crippen LogP contribution in [0.2, 0.25) is 0 Å². The molecule has 0 N–H and O–H groups in total. The first-order chi connectivity index (χ1) is 7.04. The molecule has 1 aromatic carbocycles. The Balaban J connectivity index is 3.22. The summed E-state index contributed by atoms with van der Waals surface area (Å²) in [5.41, 5.74) is 3.49. The normalized spacial score (nSPS) is 10.3. The van der Waals surface area contributed by atoms with Gasteiger partial charge in [-0.25, -0.2) is 4.99 Å². The summed E-state index contributed by atoms with van der Waals surface area (Å²) in [4.78, 5) is 6.12. The van der Waals surface area contributed by atoms with Gasteiger partial charge in [0.2, 0.25) is 0 Å². The van der Waals surface area contributed by atoms with E-state index in [0.29, 0.717) is 5.56 Å². The molecule has 0 aromatic heterocycles. The van der Waals surface area contributed by atoms with E-state index in [9.17, 15) is 0 Å². The van der Waals surface area contributed by atoms with Crippen molar-refractivity contribution >= 4 is 12.0 Å². The van der Waals surface area contributed by atoms with Gasteiger partial charge in [-0.1, -0.05) is 6.07 Å². The molecule has 3 nitrogen and oxygen atoms in total. The van der Waals surface area contributed by atoms with Crippen LogP contribution in [-0.4, -0.2) is 25.3 Å². The monoisotopic (exact) mass is 201 g/mol. The summed E-state index contributed by atoms with van der Waals surface area (Å²) in [6, 6.07) is 6.10. The van der Waals surface area contributed by atoms with Gasteiger partial charge in [-0.05, 0) is 31.0 Å². The van der Waals surface area contributed by atoms with E-state index >= 15 is 0 Å². The van der Waals surface area contributed by atoms with E-state index in [1.54, 1.807) is 6.34 Å². The van der Waals surface area contributed by atoms with Gasteiger partial charge in [0.15, 0.2) is 0 Å². The van der Waals surface area contributed by atoms with Crippen molar-refractivity contribution in [3.8, 4) is 6.07 Å². The lowest BCUT2D eigenvalue weighted by Crippen LogP contribution is -2.07. The Labute approximate surface area is 90.7 Å². The van der Waals surface area contributed by atoms with Gasteiger partial charge in [-0.3, -0.25) is 0 Å². The summed E-state index contributed by atoms with van der Waals surface area (Å²) in [6.45, 7) is 3.93. The molecule has 0 unspecified atom stereocenters. The van der Waals surface area contributed by atoms with Crippen LogP contribution in [-0.2, 0) is 0 Å². The SMILES string of the molecule is Cc1cc(C)c(C#N)c(N=CN(C)C)c1. The Bertz CT molecular complexity index is 425.